The standard InChI is InChI=1S/C19H22N4/c1-15(18-8-5-9-20-11-18)22(2)13-16-6-4-7-17(10-16)19-12-21-23(3)14-19/h4-12,14-15H,13H2,1-3H3. The molecule has 118 valence electrons. The fourth-order valence-corrected chi connectivity index (χ4v) is 2.72. The van der Waals surface area contributed by atoms with Gasteiger partial charge in [-0.2, -0.15) is 5.10 Å². The van der Waals surface area contributed by atoms with Gasteiger partial charge < -0.3 is 0 Å². The van der Waals surface area contributed by atoms with Crippen LogP contribution in [0.1, 0.15) is 24.1 Å². The Morgan fingerprint density at radius 2 is 2.00 bits per heavy atom. The minimum absolute atomic E-state index is 0.325. The van der Waals surface area contributed by atoms with Gasteiger partial charge in [-0.3, -0.25) is 14.6 Å². The number of rotatable bonds is 5. The average molecular weight is 306 g/mol. The van der Waals surface area contributed by atoms with E-state index in [1.165, 1.54) is 16.7 Å². The number of benzene rings is 1. The van der Waals surface area contributed by atoms with Crippen LogP contribution in [-0.4, -0.2) is 26.7 Å². The number of hydrogen-bond acceptors (Lipinski definition) is 3. The lowest BCUT2D eigenvalue weighted by Crippen LogP contribution is -2.22. The summed E-state index contributed by atoms with van der Waals surface area (Å²) in [6.07, 6.45) is 7.70. The lowest BCUT2D eigenvalue weighted by molar-refractivity contribution is 0.253. The highest BCUT2D eigenvalue weighted by molar-refractivity contribution is 5.62. The van der Waals surface area contributed by atoms with Crippen molar-refractivity contribution in [3.05, 3.63) is 72.3 Å². The number of hydrogen-bond donors (Lipinski definition) is 0. The second kappa shape index (κ2) is 6.75. The Kier molecular flexibility index (Phi) is 4.53. The van der Waals surface area contributed by atoms with Gasteiger partial charge in [0.1, 0.15) is 0 Å². The second-order valence-corrected chi connectivity index (χ2v) is 5.98. The SMILES string of the molecule is CC(c1cccnc1)N(C)Cc1cccc(-c2cnn(C)c2)c1. The third kappa shape index (κ3) is 3.66. The Hall–Kier alpha value is -2.46. The Labute approximate surface area is 137 Å². The number of aromatic nitrogens is 3. The van der Waals surface area contributed by atoms with Gasteiger partial charge in [-0.15, -0.1) is 0 Å². The van der Waals surface area contributed by atoms with Crippen LogP contribution in [0.2, 0.25) is 0 Å². The van der Waals surface area contributed by atoms with Crippen LogP contribution in [0.15, 0.2) is 61.2 Å². The van der Waals surface area contributed by atoms with E-state index in [0.717, 1.165) is 12.1 Å². The zero-order valence-electron chi connectivity index (χ0n) is 13.8. The molecule has 1 atom stereocenters. The van der Waals surface area contributed by atoms with Crippen molar-refractivity contribution in [3.63, 3.8) is 0 Å². The second-order valence-electron chi connectivity index (χ2n) is 5.98. The summed E-state index contributed by atoms with van der Waals surface area (Å²) >= 11 is 0. The molecule has 2 heterocycles. The predicted octanol–water partition coefficient (Wildman–Crippen LogP) is 3.68. The van der Waals surface area contributed by atoms with Crippen LogP contribution in [-0.2, 0) is 13.6 Å². The highest BCUT2D eigenvalue weighted by atomic mass is 15.2. The molecule has 4 nitrogen and oxygen atoms in total. The fraction of sp³-hybridized carbons (Fsp3) is 0.263. The van der Waals surface area contributed by atoms with Crippen molar-refractivity contribution in [1.82, 2.24) is 19.7 Å². The molecular formula is C19H22N4. The van der Waals surface area contributed by atoms with Crippen molar-refractivity contribution >= 4 is 0 Å². The normalized spacial score (nSPS) is 12.5. The van der Waals surface area contributed by atoms with Gasteiger partial charge in [0.25, 0.3) is 0 Å². The van der Waals surface area contributed by atoms with Gasteiger partial charge in [0, 0.05) is 43.8 Å². The van der Waals surface area contributed by atoms with Crippen molar-refractivity contribution in [2.24, 2.45) is 7.05 Å². The molecule has 0 aliphatic carbocycles. The molecule has 2 aromatic heterocycles. The molecule has 3 aromatic rings. The van der Waals surface area contributed by atoms with E-state index in [9.17, 15) is 0 Å². The molecular weight excluding hydrogens is 284 g/mol. The largest absolute Gasteiger partial charge is 0.295 e. The van der Waals surface area contributed by atoms with Gasteiger partial charge >= 0.3 is 0 Å². The van der Waals surface area contributed by atoms with E-state index >= 15 is 0 Å². The van der Waals surface area contributed by atoms with Crippen molar-refractivity contribution in [2.45, 2.75) is 19.5 Å². The fourth-order valence-electron chi connectivity index (χ4n) is 2.72. The van der Waals surface area contributed by atoms with E-state index in [1.54, 1.807) is 0 Å². The number of pyridine rings is 1. The first-order chi connectivity index (χ1) is 11.1. The van der Waals surface area contributed by atoms with Gasteiger partial charge in [0.2, 0.25) is 0 Å². The Morgan fingerprint density at radius 1 is 1.13 bits per heavy atom. The highest BCUT2D eigenvalue weighted by Crippen LogP contribution is 2.23. The van der Waals surface area contributed by atoms with Crippen LogP contribution in [0.3, 0.4) is 0 Å². The first kappa shape index (κ1) is 15.4. The van der Waals surface area contributed by atoms with E-state index < -0.39 is 0 Å². The van der Waals surface area contributed by atoms with Gasteiger partial charge in [0.05, 0.1) is 6.20 Å². The Balaban J connectivity index is 1.75. The van der Waals surface area contributed by atoms with Crippen LogP contribution in [0, 0.1) is 0 Å². The smallest absolute Gasteiger partial charge is 0.0568 e. The Morgan fingerprint density at radius 3 is 2.70 bits per heavy atom. The van der Waals surface area contributed by atoms with Crippen molar-refractivity contribution in [2.75, 3.05) is 7.05 Å². The van der Waals surface area contributed by atoms with Gasteiger partial charge in [-0.25, -0.2) is 0 Å². The van der Waals surface area contributed by atoms with Crippen LogP contribution < -0.4 is 0 Å². The van der Waals surface area contributed by atoms with E-state index in [-0.39, 0.29) is 0 Å². The molecule has 0 fully saturated rings. The summed E-state index contributed by atoms with van der Waals surface area (Å²) in [5.41, 5.74) is 4.89. The lowest BCUT2D eigenvalue weighted by Gasteiger charge is -2.25. The summed E-state index contributed by atoms with van der Waals surface area (Å²) in [7, 11) is 4.09. The van der Waals surface area contributed by atoms with E-state index in [2.05, 4.69) is 59.3 Å². The van der Waals surface area contributed by atoms with Gasteiger partial charge in [-0.05, 0) is 42.8 Å². The highest BCUT2D eigenvalue weighted by Gasteiger charge is 2.12. The molecule has 4 heteroatoms. The quantitative estimate of drug-likeness (QED) is 0.721. The van der Waals surface area contributed by atoms with Crippen LogP contribution in [0.4, 0.5) is 0 Å². The molecule has 0 N–H and O–H groups in total. The zero-order valence-corrected chi connectivity index (χ0v) is 13.8. The van der Waals surface area contributed by atoms with Crippen LogP contribution in [0.5, 0.6) is 0 Å². The monoisotopic (exact) mass is 306 g/mol. The molecule has 0 aliphatic rings. The lowest BCUT2D eigenvalue weighted by atomic mass is 10.0. The maximum atomic E-state index is 4.25. The predicted molar refractivity (Wildman–Crippen MR) is 92.8 cm³/mol. The first-order valence-electron chi connectivity index (χ1n) is 7.81. The summed E-state index contributed by atoms with van der Waals surface area (Å²) in [5.74, 6) is 0. The summed E-state index contributed by atoms with van der Waals surface area (Å²) in [5, 5.41) is 4.25. The van der Waals surface area contributed by atoms with Crippen molar-refractivity contribution < 1.29 is 0 Å². The van der Waals surface area contributed by atoms with E-state index in [0.29, 0.717) is 6.04 Å². The summed E-state index contributed by atoms with van der Waals surface area (Å²) in [6, 6.07) is 13.1. The topological polar surface area (TPSA) is 34.0 Å². The Bertz CT molecular complexity index is 764. The van der Waals surface area contributed by atoms with E-state index in [4.69, 9.17) is 0 Å². The molecule has 3 rings (SSSR count). The molecule has 23 heavy (non-hydrogen) atoms. The zero-order chi connectivity index (χ0) is 16.2. The molecule has 0 saturated heterocycles. The summed E-state index contributed by atoms with van der Waals surface area (Å²) in [6.45, 7) is 3.10. The van der Waals surface area contributed by atoms with Crippen molar-refractivity contribution in [3.8, 4) is 11.1 Å². The number of nitrogens with zero attached hydrogens (tertiary/aromatic N) is 4. The molecule has 1 unspecified atom stereocenters. The minimum atomic E-state index is 0.325. The molecule has 0 bridgehead atoms. The molecule has 0 radical (unpaired) electrons. The summed E-state index contributed by atoms with van der Waals surface area (Å²) in [4.78, 5) is 6.55. The maximum Gasteiger partial charge on any atom is 0.0568 e. The van der Waals surface area contributed by atoms with Gasteiger partial charge in [0.15, 0.2) is 0 Å². The minimum Gasteiger partial charge on any atom is -0.295 e. The number of aryl methyl sites for hydroxylation is 1. The average Bonchev–Trinajstić information content (AvgIpc) is 3.02. The molecule has 0 amide bonds. The van der Waals surface area contributed by atoms with E-state index in [1.807, 2.05) is 42.6 Å². The molecule has 0 spiro atoms. The van der Waals surface area contributed by atoms with Crippen LogP contribution >= 0.6 is 0 Å². The molecule has 0 aliphatic heterocycles. The molecule has 1 aromatic carbocycles. The first-order valence-corrected chi connectivity index (χ1v) is 7.81. The third-order valence-corrected chi connectivity index (χ3v) is 4.23. The third-order valence-electron chi connectivity index (χ3n) is 4.23. The van der Waals surface area contributed by atoms with Gasteiger partial charge in [-0.1, -0.05) is 24.3 Å². The maximum absolute atomic E-state index is 4.25. The molecule has 0 saturated carbocycles. The summed E-state index contributed by atoms with van der Waals surface area (Å²) < 4.78 is 1.83. The van der Waals surface area contributed by atoms with Crippen molar-refractivity contribution in [1.29, 1.82) is 0 Å². The van der Waals surface area contributed by atoms with Crippen LogP contribution in [0.25, 0.3) is 11.1 Å².